The summed E-state index contributed by atoms with van der Waals surface area (Å²) >= 11 is 0. The first-order valence-corrected chi connectivity index (χ1v) is 7.42. The maximum atomic E-state index is 13.8. The Labute approximate surface area is 133 Å². The lowest BCUT2D eigenvalue weighted by atomic mass is 10.2. The van der Waals surface area contributed by atoms with Crippen LogP contribution in [0.1, 0.15) is 22.6 Å². The van der Waals surface area contributed by atoms with Gasteiger partial charge in [0.15, 0.2) is 5.69 Å². The second kappa shape index (κ2) is 6.00. The summed E-state index contributed by atoms with van der Waals surface area (Å²) in [4.78, 5) is 18.3. The molecular weight excluding hydrogens is 299 g/mol. The van der Waals surface area contributed by atoms with Crippen LogP contribution in [0, 0.1) is 5.82 Å². The Kier molecular flexibility index (Phi) is 4.04. The average Bonchev–Trinajstić information content (AvgIpc) is 2.74. The first kappa shape index (κ1) is 15.5. The van der Waals surface area contributed by atoms with Crippen molar-refractivity contribution in [2.75, 3.05) is 20.7 Å². The summed E-state index contributed by atoms with van der Waals surface area (Å²) in [5.41, 5.74) is 7.07. The molecule has 0 saturated carbocycles. The molecule has 0 atom stereocenters. The molecule has 0 saturated heterocycles. The number of rotatable bonds is 3. The Balaban J connectivity index is 2.18. The van der Waals surface area contributed by atoms with Gasteiger partial charge in [-0.2, -0.15) is 0 Å². The van der Waals surface area contributed by atoms with Crippen molar-refractivity contribution in [1.82, 2.24) is 14.5 Å². The number of imidazole rings is 1. The van der Waals surface area contributed by atoms with Crippen molar-refractivity contribution in [2.45, 2.75) is 19.5 Å². The van der Waals surface area contributed by atoms with E-state index in [1.165, 1.54) is 19.2 Å². The summed E-state index contributed by atoms with van der Waals surface area (Å²) in [6, 6.07) is 4.40. The fourth-order valence-corrected chi connectivity index (χ4v) is 2.95. The van der Waals surface area contributed by atoms with Crippen LogP contribution in [-0.4, -0.2) is 41.1 Å². The van der Waals surface area contributed by atoms with Crippen molar-refractivity contribution < 1.29 is 13.9 Å². The highest BCUT2D eigenvalue weighted by molar-refractivity contribution is 5.93. The minimum absolute atomic E-state index is 0.247. The van der Waals surface area contributed by atoms with Gasteiger partial charge < -0.3 is 19.9 Å². The Hall–Kier alpha value is -2.41. The standard InChI is InChI=1S/C16H19FN4O2/c1-20-4-3-5-21-13(9-20)14(15(18)22)19-16(21)10-6-11(17)8-12(7-10)23-2/h6-8H,3-5,9H2,1-2H3,(H2,18,22). The van der Waals surface area contributed by atoms with Crippen LogP contribution in [-0.2, 0) is 13.1 Å². The Morgan fingerprint density at radius 1 is 1.35 bits per heavy atom. The van der Waals surface area contributed by atoms with Gasteiger partial charge in [-0.15, -0.1) is 0 Å². The minimum Gasteiger partial charge on any atom is -0.497 e. The van der Waals surface area contributed by atoms with Crippen molar-refractivity contribution in [3.63, 3.8) is 0 Å². The third kappa shape index (κ3) is 2.92. The number of primary amides is 1. The molecule has 1 aromatic heterocycles. The summed E-state index contributed by atoms with van der Waals surface area (Å²) in [6.07, 6.45) is 0.914. The molecule has 1 aromatic carbocycles. The molecule has 2 heterocycles. The van der Waals surface area contributed by atoms with E-state index in [2.05, 4.69) is 9.88 Å². The van der Waals surface area contributed by atoms with E-state index in [1.807, 2.05) is 11.6 Å². The van der Waals surface area contributed by atoms with Crippen LogP contribution in [0.15, 0.2) is 18.2 Å². The van der Waals surface area contributed by atoms with Crippen LogP contribution in [0.5, 0.6) is 5.75 Å². The molecular formula is C16H19FN4O2. The fraction of sp³-hybridized carbons (Fsp3) is 0.375. The van der Waals surface area contributed by atoms with Gasteiger partial charge in [-0.3, -0.25) is 4.79 Å². The number of nitrogens with two attached hydrogens (primary N) is 1. The first-order valence-electron chi connectivity index (χ1n) is 7.42. The number of carbonyl (C=O) groups excluding carboxylic acids is 1. The lowest BCUT2D eigenvalue weighted by molar-refractivity contribution is 0.0994. The number of nitrogens with zero attached hydrogens (tertiary/aromatic N) is 3. The Morgan fingerprint density at radius 2 is 2.13 bits per heavy atom. The highest BCUT2D eigenvalue weighted by atomic mass is 19.1. The van der Waals surface area contributed by atoms with Gasteiger partial charge in [0, 0.05) is 24.7 Å². The predicted molar refractivity (Wildman–Crippen MR) is 83.6 cm³/mol. The SMILES string of the molecule is COc1cc(F)cc(-c2nc(C(N)=O)c3n2CCCN(C)C3)c1. The van der Waals surface area contributed by atoms with Gasteiger partial charge in [0.25, 0.3) is 5.91 Å². The number of halogens is 1. The largest absolute Gasteiger partial charge is 0.497 e. The summed E-state index contributed by atoms with van der Waals surface area (Å²) in [5.74, 6) is -0.0349. The van der Waals surface area contributed by atoms with Gasteiger partial charge in [0.1, 0.15) is 17.4 Å². The van der Waals surface area contributed by atoms with Crippen LogP contribution in [0.25, 0.3) is 11.4 Å². The molecule has 0 bridgehead atoms. The van der Waals surface area contributed by atoms with Crippen molar-refractivity contribution in [3.8, 4) is 17.1 Å². The van der Waals surface area contributed by atoms with Gasteiger partial charge >= 0.3 is 0 Å². The highest BCUT2D eigenvalue weighted by Crippen LogP contribution is 2.29. The van der Waals surface area contributed by atoms with E-state index >= 15 is 0 Å². The fourth-order valence-electron chi connectivity index (χ4n) is 2.95. The van der Waals surface area contributed by atoms with Crippen LogP contribution in [0.4, 0.5) is 4.39 Å². The number of amides is 1. The van der Waals surface area contributed by atoms with Crippen molar-refractivity contribution in [1.29, 1.82) is 0 Å². The number of ether oxygens (including phenoxy) is 1. The monoisotopic (exact) mass is 318 g/mol. The van der Waals surface area contributed by atoms with E-state index in [-0.39, 0.29) is 5.69 Å². The molecule has 3 rings (SSSR count). The maximum absolute atomic E-state index is 13.8. The van der Waals surface area contributed by atoms with Gasteiger partial charge in [-0.25, -0.2) is 9.37 Å². The lowest BCUT2D eigenvalue weighted by Gasteiger charge is -2.12. The Bertz CT molecular complexity index is 757. The summed E-state index contributed by atoms with van der Waals surface area (Å²) in [7, 11) is 3.47. The van der Waals surface area contributed by atoms with Crippen molar-refractivity contribution >= 4 is 5.91 Å². The Morgan fingerprint density at radius 3 is 2.83 bits per heavy atom. The number of benzene rings is 1. The number of hydrogen-bond donors (Lipinski definition) is 1. The third-order valence-electron chi connectivity index (χ3n) is 4.01. The predicted octanol–water partition coefficient (Wildman–Crippen LogP) is 1.63. The summed E-state index contributed by atoms with van der Waals surface area (Å²) in [5, 5.41) is 0. The van der Waals surface area contributed by atoms with E-state index in [0.29, 0.717) is 30.2 Å². The molecule has 0 fully saturated rings. The first-order chi connectivity index (χ1) is 11.0. The van der Waals surface area contributed by atoms with E-state index in [0.717, 1.165) is 18.7 Å². The van der Waals surface area contributed by atoms with Gasteiger partial charge in [0.05, 0.1) is 12.8 Å². The molecule has 6 nitrogen and oxygen atoms in total. The molecule has 2 aromatic rings. The topological polar surface area (TPSA) is 73.4 Å². The van der Waals surface area contributed by atoms with E-state index < -0.39 is 11.7 Å². The molecule has 2 N–H and O–H groups in total. The van der Waals surface area contributed by atoms with Gasteiger partial charge in [0.2, 0.25) is 0 Å². The molecule has 122 valence electrons. The third-order valence-corrected chi connectivity index (χ3v) is 4.01. The molecule has 0 unspecified atom stereocenters. The second-order valence-corrected chi connectivity index (χ2v) is 5.72. The summed E-state index contributed by atoms with van der Waals surface area (Å²) < 4.78 is 20.9. The number of fused-ring (bicyclic) bond motifs is 1. The number of hydrogen-bond acceptors (Lipinski definition) is 4. The van der Waals surface area contributed by atoms with E-state index in [1.54, 1.807) is 6.07 Å². The molecule has 0 spiro atoms. The average molecular weight is 318 g/mol. The number of carbonyl (C=O) groups is 1. The molecule has 23 heavy (non-hydrogen) atoms. The zero-order valence-corrected chi connectivity index (χ0v) is 13.2. The molecule has 1 aliphatic heterocycles. The van der Waals surface area contributed by atoms with E-state index in [4.69, 9.17) is 10.5 Å². The van der Waals surface area contributed by atoms with Crippen LogP contribution < -0.4 is 10.5 Å². The molecule has 0 radical (unpaired) electrons. The number of methoxy groups -OCH3 is 1. The van der Waals surface area contributed by atoms with Crippen LogP contribution in [0.2, 0.25) is 0 Å². The zero-order valence-electron chi connectivity index (χ0n) is 13.2. The normalized spacial score (nSPS) is 15.1. The van der Waals surface area contributed by atoms with Gasteiger partial charge in [-0.1, -0.05) is 0 Å². The molecule has 0 aliphatic carbocycles. The van der Waals surface area contributed by atoms with Crippen LogP contribution in [0.3, 0.4) is 0 Å². The van der Waals surface area contributed by atoms with Gasteiger partial charge in [-0.05, 0) is 32.1 Å². The lowest BCUT2D eigenvalue weighted by Crippen LogP contribution is -2.21. The zero-order chi connectivity index (χ0) is 16.6. The smallest absolute Gasteiger partial charge is 0.269 e. The number of aromatic nitrogens is 2. The maximum Gasteiger partial charge on any atom is 0.269 e. The molecule has 1 aliphatic rings. The quantitative estimate of drug-likeness (QED) is 0.933. The van der Waals surface area contributed by atoms with Crippen LogP contribution >= 0.6 is 0 Å². The van der Waals surface area contributed by atoms with E-state index in [9.17, 15) is 9.18 Å². The second-order valence-electron chi connectivity index (χ2n) is 5.72. The molecule has 7 heteroatoms. The molecule has 1 amide bonds. The summed E-state index contributed by atoms with van der Waals surface area (Å²) in [6.45, 7) is 2.19. The highest BCUT2D eigenvalue weighted by Gasteiger charge is 2.24. The van der Waals surface area contributed by atoms with Crippen molar-refractivity contribution in [2.24, 2.45) is 5.73 Å². The minimum atomic E-state index is -0.571. The van der Waals surface area contributed by atoms with Crippen molar-refractivity contribution in [3.05, 3.63) is 35.4 Å².